The van der Waals surface area contributed by atoms with E-state index in [0.717, 1.165) is 36.6 Å². The van der Waals surface area contributed by atoms with Crippen molar-refractivity contribution < 1.29 is 4.79 Å². The van der Waals surface area contributed by atoms with Gasteiger partial charge in [0.2, 0.25) is 5.91 Å². The Labute approximate surface area is 190 Å². The lowest BCUT2D eigenvalue weighted by atomic mass is 9.97. The summed E-state index contributed by atoms with van der Waals surface area (Å²) in [7, 11) is 0. The first-order valence-corrected chi connectivity index (χ1v) is 10.8. The lowest BCUT2D eigenvalue weighted by Gasteiger charge is -2.32. The van der Waals surface area contributed by atoms with Crippen molar-refractivity contribution in [2.75, 3.05) is 23.3 Å². The molecule has 5 heterocycles. The lowest BCUT2D eigenvalue weighted by molar-refractivity contribution is -0.120. The first-order chi connectivity index (χ1) is 16.1. The number of aromatic nitrogens is 8. The molecule has 0 saturated carbocycles. The largest absolute Gasteiger partial charge is 0.356 e. The summed E-state index contributed by atoms with van der Waals surface area (Å²) in [5.74, 6) is 2.28. The Bertz CT molecular complexity index is 1270. The molecule has 1 aliphatic heterocycles. The van der Waals surface area contributed by atoms with E-state index in [9.17, 15) is 4.79 Å². The maximum Gasteiger partial charge on any atom is 0.230 e. The zero-order valence-corrected chi connectivity index (χ0v) is 18.5. The van der Waals surface area contributed by atoms with E-state index in [2.05, 4.69) is 40.3 Å². The van der Waals surface area contributed by atoms with Crippen molar-refractivity contribution in [2.45, 2.75) is 26.7 Å². The van der Waals surface area contributed by atoms with Crippen LogP contribution < -0.4 is 10.2 Å². The third-order valence-electron chi connectivity index (χ3n) is 5.62. The van der Waals surface area contributed by atoms with Crippen LogP contribution in [0.5, 0.6) is 0 Å². The molecule has 11 nitrogen and oxygen atoms in total. The number of nitrogens with one attached hydrogen (secondary N) is 1. The standard InChI is InChI=1S/C22H24N10O/c1-15-9-16(2)32(29-15)21-11-19(24-14-26-21)30-7-3-5-17(12-30)22(33)28-18-10-20(25-13-23-18)31-8-4-6-27-31/h4,6,8-11,13-14,17H,3,5,7,12H2,1-2H3,(H,23,25,28,33). The summed E-state index contributed by atoms with van der Waals surface area (Å²) in [5, 5.41) is 11.6. The van der Waals surface area contributed by atoms with Gasteiger partial charge in [0.15, 0.2) is 11.6 Å². The van der Waals surface area contributed by atoms with Gasteiger partial charge < -0.3 is 10.2 Å². The second-order valence-electron chi connectivity index (χ2n) is 8.06. The van der Waals surface area contributed by atoms with Gasteiger partial charge in [0.05, 0.1) is 11.6 Å². The van der Waals surface area contributed by atoms with Crippen LogP contribution >= 0.6 is 0 Å². The van der Waals surface area contributed by atoms with Crippen LogP contribution in [0.4, 0.5) is 11.6 Å². The SMILES string of the molecule is Cc1cc(C)n(-c2cc(N3CCCC(C(=O)Nc4cc(-n5cccn5)ncn4)C3)ncn2)n1. The van der Waals surface area contributed by atoms with E-state index in [4.69, 9.17) is 0 Å². The van der Waals surface area contributed by atoms with Crippen molar-refractivity contribution in [2.24, 2.45) is 5.92 Å². The normalized spacial score (nSPS) is 16.1. The number of amides is 1. The molecule has 0 radical (unpaired) electrons. The van der Waals surface area contributed by atoms with Gasteiger partial charge in [0.25, 0.3) is 0 Å². The average Bonchev–Trinajstić information content (AvgIpc) is 3.49. The van der Waals surface area contributed by atoms with E-state index < -0.39 is 0 Å². The van der Waals surface area contributed by atoms with E-state index in [0.29, 0.717) is 24.0 Å². The van der Waals surface area contributed by atoms with Crippen molar-refractivity contribution in [3.8, 4) is 11.6 Å². The fourth-order valence-corrected chi connectivity index (χ4v) is 4.06. The van der Waals surface area contributed by atoms with E-state index in [1.165, 1.54) is 6.33 Å². The van der Waals surface area contributed by atoms with Gasteiger partial charge in [0.1, 0.15) is 24.3 Å². The fourth-order valence-electron chi connectivity index (χ4n) is 4.06. The summed E-state index contributed by atoms with van der Waals surface area (Å²) in [6.07, 6.45) is 8.11. The van der Waals surface area contributed by atoms with Gasteiger partial charge in [0, 0.05) is 43.3 Å². The van der Waals surface area contributed by atoms with Gasteiger partial charge in [-0.3, -0.25) is 4.79 Å². The molecule has 0 bridgehead atoms. The van der Waals surface area contributed by atoms with Crippen molar-refractivity contribution in [1.82, 2.24) is 39.5 Å². The second kappa shape index (κ2) is 8.77. The Morgan fingerprint density at radius 3 is 2.64 bits per heavy atom. The monoisotopic (exact) mass is 444 g/mol. The van der Waals surface area contributed by atoms with Crippen molar-refractivity contribution in [3.63, 3.8) is 0 Å². The Kier molecular flexibility index (Phi) is 5.51. The first kappa shape index (κ1) is 20.7. The third-order valence-corrected chi connectivity index (χ3v) is 5.62. The van der Waals surface area contributed by atoms with Gasteiger partial charge in [-0.15, -0.1) is 0 Å². The minimum Gasteiger partial charge on any atom is -0.356 e. The molecule has 4 aromatic rings. The minimum absolute atomic E-state index is 0.0716. The van der Waals surface area contributed by atoms with Crippen LogP contribution in [0, 0.1) is 19.8 Å². The van der Waals surface area contributed by atoms with Gasteiger partial charge in [-0.25, -0.2) is 29.3 Å². The number of carbonyl (C=O) groups excluding carboxylic acids is 1. The highest BCUT2D eigenvalue weighted by molar-refractivity contribution is 5.92. The summed E-state index contributed by atoms with van der Waals surface area (Å²) in [4.78, 5) is 32.4. The number of hydrogen-bond donors (Lipinski definition) is 1. The molecule has 1 aliphatic rings. The van der Waals surface area contributed by atoms with E-state index >= 15 is 0 Å². The number of piperidine rings is 1. The highest BCUT2D eigenvalue weighted by Gasteiger charge is 2.27. The number of rotatable bonds is 5. The predicted molar refractivity (Wildman–Crippen MR) is 121 cm³/mol. The molecule has 4 aromatic heterocycles. The van der Waals surface area contributed by atoms with E-state index in [1.54, 1.807) is 34.2 Å². The molecule has 0 aliphatic carbocycles. The smallest absolute Gasteiger partial charge is 0.230 e. The van der Waals surface area contributed by atoms with Gasteiger partial charge in [-0.2, -0.15) is 10.2 Å². The van der Waals surface area contributed by atoms with Crippen LogP contribution in [0.3, 0.4) is 0 Å². The quantitative estimate of drug-likeness (QED) is 0.497. The molecule has 33 heavy (non-hydrogen) atoms. The zero-order chi connectivity index (χ0) is 22.8. The molecule has 1 saturated heterocycles. The van der Waals surface area contributed by atoms with Crippen LogP contribution in [-0.2, 0) is 4.79 Å². The third kappa shape index (κ3) is 4.43. The van der Waals surface area contributed by atoms with Crippen molar-refractivity contribution in [1.29, 1.82) is 0 Å². The summed E-state index contributed by atoms with van der Waals surface area (Å²) in [6.45, 7) is 5.34. The van der Waals surface area contributed by atoms with Crippen LogP contribution in [-0.4, -0.2) is 58.5 Å². The van der Waals surface area contributed by atoms with Gasteiger partial charge in [-0.05, 0) is 38.8 Å². The van der Waals surface area contributed by atoms with E-state index in [-0.39, 0.29) is 11.8 Å². The van der Waals surface area contributed by atoms with Gasteiger partial charge in [-0.1, -0.05) is 0 Å². The number of aryl methyl sites for hydroxylation is 2. The van der Waals surface area contributed by atoms with Crippen molar-refractivity contribution >= 4 is 17.5 Å². The molecule has 1 N–H and O–H groups in total. The molecular formula is C22H24N10O. The number of hydrogen-bond acceptors (Lipinski definition) is 8. The number of nitrogens with zero attached hydrogens (tertiary/aromatic N) is 9. The Morgan fingerprint density at radius 1 is 1.03 bits per heavy atom. The first-order valence-electron chi connectivity index (χ1n) is 10.8. The Balaban J connectivity index is 1.29. The van der Waals surface area contributed by atoms with Crippen molar-refractivity contribution in [3.05, 3.63) is 60.7 Å². The van der Waals surface area contributed by atoms with Crippen LogP contribution in [0.2, 0.25) is 0 Å². The fraction of sp³-hybridized carbons (Fsp3) is 0.318. The summed E-state index contributed by atoms with van der Waals surface area (Å²) in [6, 6.07) is 7.44. The van der Waals surface area contributed by atoms with Crippen LogP contribution in [0.15, 0.2) is 49.3 Å². The topological polar surface area (TPSA) is 120 Å². The summed E-state index contributed by atoms with van der Waals surface area (Å²) in [5.41, 5.74) is 1.94. The molecular weight excluding hydrogens is 420 g/mol. The highest BCUT2D eigenvalue weighted by Crippen LogP contribution is 2.24. The Hall–Kier alpha value is -4.15. The molecule has 11 heteroatoms. The molecule has 168 valence electrons. The highest BCUT2D eigenvalue weighted by atomic mass is 16.2. The molecule has 1 fully saturated rings. The summed E-state index contributed by atoms with van der Waals surface area (Å²) < 4.78 is 3.43. The molecule has 1 atom stereocenters. The van der Waals surface area contributed by atoms with Crippen LogP contribution in [0.1, 0.15) is 24.2 Å². The second-order valence-corrected chi connectivity index (χ2v) is 8.06. The molecule has 5 rings (SSSR count). The Morgan fingerprint density at radius 2 is 1.85 bits per heavy atom. The number of anilines is 2. The molecule has 1 unspecified atom stereocenters. The zero-order valence-electron chi connectivity index (χ0n) is 18.5. The van der Waals surface area contributed by atoms with Crippen LogP contribution in [0.25, 0.3) is 11.6 Å². The lowest BCUT2D eigenvalue weighted by Crippen LogP contribution is -2.41. The van der Waals surface area contributed by atoms with Gasteiger partial charge >= 0.3 is 0 Å². The van der Waals surface area contributed by atoms with E-state index in [1.807, 2.05) is 32.0 Å². The maximum absolute atomic E-state index is 13.0. The summed E-state index contributed by atoms with van der Waals surface area (Å²) >= 11 is 0. The predicted octanol–water partition coefficient (Wildman–Crippen LogP) is 2.11. The molecule has 0 spiro atoms. The maximum atomic E-state index is 13.0. The molecule has 1 amide bonds. The molecule has 0 aromatic carbocycles. The average molecular weight is 445 g/mol. The minimum atomic E-state index is -0.186. The number of carbonyl (C=O) groups is 1.